The van der Waals surface area contributed by atoms with Crippen LogP contribution in [0.5, 0.6) is 0 Å². The standard InChI is InChI=1S/C16H22N4O2.ClH/c17-12-5-3-4-11(12)10-15(21)18-8-9-20-14-7-2-1-6-13(14)19-16(20)22;/h1-2,6-7,11-12H,3-5,8-10,17H2,(H,18,21)(H,19,22);1H/t11-,12+;/m0./s1. The third-order valence-electron chi connectivity index (χ3n) is 4.50. The fourth-order valence-electron chi connectivity index (χ4n) is 3.27. The van der Waals surface area contributed by atoms with Crippen LogP contribution < -0.4 is 16.7 Å². The second-order valence-electron chi connectivity index (χ2n) is 6.01. The summed E-state index contributed by atoms with van der Waals surface area (Å²) in [6, 6.07) is 7.70. The molecular weight excluding hydrogens is 316 g/mol. The molecule has 1 saturated carbocycles. The highest BCUT2D eigenvalue weighted by atomic mass is 35.5. The summed E-state index contributed by atoms with van der Waals surface area (Å²) in [4.78, 5) is 26.7. The average molecular weight is 339 g/mol. The quantitative estimate of drug-likeness (QED) is 0.769. The van der Waals surface area contributed by atoms with E-state index in [1.807, 2.05) is 24.3 Å². The molecule has 1 aromatic carbocycles. The number of imidazole rings is 1. The predicted octanol–water partition coefficient (Wildman–Crippen LogP) is 1.39. The minimum atomic E-state index is -0.145. The van der Waals surface area contributed by atoms with Crippen molar-refractivity contribution in [1.82, 2.24) is 14.9 Å². The average Bonchev–Trinajstić information content (AvgIpc) is 3.03. The van der Waals surface area contributed by atoms with Crippen molar-refractivity contribution < 1.29 is 4.79 Å². The van der Waals surface area contributed by atoms with Gasteiger partial charge in [-0.3, -0.25) is 9.36 Å². The fraction of sp³-hybridized carbons (Fsp3) is 0.500. The van der Waals surface area contributed by atoms with E-state index in [2.05, 4.69) is 10.3 Å². The number of hydrogen-bond donors (Lipinski definition) is 3. The summed E-state index contributed by atoms with van der Waals surface area (Å²) in [7, 11) is 0. The number of aromatic amines is 1. The van der Waals surface area contributed by atoms with Crippen molar-refractivity contribution in [2.45, 2.75) is 38.3 Å². The molecule has 1 aliphatic rings. The van der Waals surface area contributed by atoms with Gasteiger partial charge in [0.05, 0.1) is 11.0 Å². The zero-order valence-corrected chi connectivity index (χ0v) is 13.8. The van der Waals surface area contributed by atoms with E-state index in [0.29, 0.717) is 25.4 Å². The molecule has 7 heteroatoms. The van der Waals surface area contributed by atoms with Gasteiger partial charge >= 0.3 is 5.69 Å². The first-order valence-corrected chi connectivity index (χ1v) is 7.85. The lowest BCUT2D eigenvalue weighted by molar-refractivity contribution is -0.122. The molecule has 0 saturated heterocycles. The van der Waals surface area contributed by atoms with E-state index in [9.17, 15) is 9.59 Å². The van der Waals surface area contributed by atoms with Crippen LogP contribution in [0.1, 0.15) is 25.7 Å². The first-order valence-electron chi connectivity index (χ1n) is 7.85. The van der Waals surface area contributed by atoms with E-state index in [1.54, 1.807) is 4.57 Å². The first kappa shape index (κ1) is 17.6. The SMILES string of the molecule is Cl.N[C@@H]1CCC[C@H]1CC(=O)NCCn1c(=O)[nH]c2ccccc21. The lowest BCUT2D eigenvalue weighted by Crippen LogP contribution is -2.34. The van der Waals surface area contributed by atoms with Crippen molar-refractivity contribution in [2.75, 3.05) is 6.54 Å². The molecule has 4 N–H and O–H groups in total. The Morgan fingerprint density at radius 3 is 2.87 bits per heavy atom. The third-order valence-corrected chi connectivity index (χ3v) is 4.50. The molecule has 23 heavy (non-hydrogen) atoms. The molecule has 2 atom stereocenters. The Morgan fingerprint density at radius 2 is 2.13 bits per heavy atom. The topological polar surface area (TPSA) is 92.9 Å². The van der Waals surface area contributed by atoms with Gasteiger partial charge in [0.1, 0.15) is 0 Å². The zero-order valence-electron chi connectivity index (χ0n) is 13.0. The number of H-pyrrole nitrogens is 1. The van der Waals surface area contributed by atoms with Gasteiger partial charge in [-0.15, -0.1) is 12.4 Å². The maximum absolute atomic E-state index is 12.0. The lowest BCUT2D eigenvalue weighted by Gasteiger charge is -2.14. The maximum Gasteiger partial charge on any atom is 0.326 e. The number of benzene rings is 1. The van der Waals surface area contributed by atoms with Gasteiger partial charge in [-0.2, -0.15) is 0 Å². The molecule has 0 bridgehead atoms. The Bertz CT molecular complexity index is 724. The number of carbonyl (C=O) groups excluding carboxylic acids is 1. The summed E-state index contributed by atoms with van der Waals surface area (Å²) in [5, 5.41) is 2.89. The molecule has 1 aromatic heterocycles. The molecule has 0 radical (unpaired) electrons. The van der Waals surface area contributed by atoms with Crippen molar-refractivity contribution in [2.24, 2.45) is 11.7 Å². The number of nitrogens with two attached hydrogens (primary N) is 1. The number of nitrogens with zero attached hydrogens (tertiary/aromatic N) is 1. The maximum atomic E-state index is 12.0. The highest BCUT2D eigenvalue weighted by molar-refractivity contribution is 5.85. The van der Waals surface area contributed by atoms with E-state index in [-0.39, 0.29) is 30.0 Å². The summed E-state index contributed by atoms with van der Waals surface area (Å²) in [5.41, 5.74) is 7.52. The van der Waals surface area contributed by atoms with E-state index in [4.69, 9.17) is 5.73 Å². The van der Waals surface area contributed by atoms with Crippen LogP contribution in [0.25, 0.3) is 11.0 Å². The molecule has 0 unspecified atom stereocenters. The second-order valence-corrected chi connectivity index (χ2v) is 6.01. The van der Waals surface area contributed by atoms with Gasteiger partial charge < -0.3 is 16.0 Å². The van der Waals surface area contributed by atoms with Gasteiger partial charge in [0.25, 0.3) is 0 Å². The molecule has 3 rings (SSSR count). The van der Waals surface area contributed by atoms with Gasteiger partial charge in [0, 0.05) is 25.6 Å². The van der Waals surface area contributed by atoms with Crippen LogP contribution in [0.4, 0.5) is 0 Å². The predicted molar refractivity (Wildman–Crippen MR) is 92.7 cm³/mol. The fourth-order valence-corrected chi connectivity index (χ4v) is 3.27. The number of para-hydroxylation sites is 2. The number of rotatable bonds is 5. The molecular formula is C16H23ClN4O2. The minimum Gasteiger partial charge on any atom is -0.354 e. The smallest absolute Gasteiger partial charge is 0.326 e. The monoisotopic (exact) mass is 338 g/mol. The highest BCUT2D eigenvalue weighted by Crippen LogP contribution is 2.26. The molecule has 1 fully saturated rings. The van der Waals surface area contributed by atoms with Crippen molar-refractivity contribution in [3.8, 4) is 0 Å². The number of hydrogen-bond acceptors (Lipinski definition) is 3. The Balaban J connectivity index is 0.00000192. The van der Waals surface area contributed by atoms with Crippen LogP contribution in [0, 0.1) is 5.92 Å². The lowest BCUT2D eigenvalue weighted by atomic mass is 10.00. The minimum absolute atomic E-state index is 0. The van der Waals surface area contributed by atoms with Crippen LogP contribution >= 0.6 is 12.4 Å². The Hall–Kier alpha value is -1.79. The van der Waals surface area contributed by atoms with Crippen LogP contribution in [-0.2, 0) is 11.3 Å². The number of fused-ring (bicyclic) bond motifs is 1. The van der Waals surface area contributed by atoms with Crippen LogP contribution in [-0.4, -0.2) is 28.0 Å². The summed E-state index contributed by atoms with van der Waals surface area (Å²) >= 11 is 0. The number of aromatic nitrogens is 2. The zero-order chi connectivity index (χ0) is 15.5. The second kappa shape index (κ2) is 7.66. The largest absolute Gasteiger partial charge is 0.354 e. The van der Waals surface area contributed by atoms with Crippen molar-refractivity contribution in [1.29, 1.82) is 0 Å². The molecule has 0 spiro atoms. The normalized spacial score (nSPS) is 20.4. The molecule has 1 aliphatic carbocycles. The van der Waals surface area contributed by atoms with Gasteiger partial charge in [0.2, 0.25) is 5.91 Å². The number of carbonyl (C=O) groups is 1. The summed E-state index contributed by atoms with van der Waals surface area (Å²) < 4.78 is 1.65. The van der Waals surface area contributed by atoms with Crippen LogP contribution in [0.3, 0.4) is 0 Å². The summed E-state index contributed by atoms with van der Waals surface area (Å²) in [6.45, 7) is 0.911. The molecule has 1 amide bonds. The summed E-state index contributed by atoms with van der Waals surface area (Å²) in [5.74, 6) is 0.325. The molecule has 0 aliphatic heterocycles. The van der Waals surface area contributed by atoms with Crippen LogP contribution in [0.2, 0.25) is 0 Å². The van der Waals surface area contributed by atoms with Gasteiger partial charge in [-0.25, -0.2) is 4.79 Å². The molecule has 126 valence electrons. The van der Waals surface area contributed by atoms with Gasteiger partial charge in [0.15, 0.2) is 0 Å². The van der Waals surface area contributed by atoms with E-state index in [1.165, 1.54) is 0 Å². The number of nitrogens with one attached hydrogen (secondary N) is 2. The summed E-state index contributed by atoms with van der Waals surface area (Å²) in [6.07, 6.45) is 3.66. The Kier molecular flexibility index (Phi) is 5.85. The number of amides is 1. The highest BCUT2D eigenvalue weighted by Gasteiger charge is 2.25. The van der Waals surface area contributed by atoms with Gasteiger partial charge in [-0.05, 0) is 30.9 Å². The van der Waals surface area contributed by atoms with E-state index < -0.39 is 0 Å². The Labute approximate surface area is 140 Å². The molecule has 1 heterocycles. The molecule has 6 nitrogen and oxygen atoms in total. The van der Waals surface area contributed by atoms with Gasteiger partial charge in [-0.1, -0.05) is 18.6 Å². The number of halogens is 1. The third kappa shape index (κ3) is 3.95. The van der Waals surface area contributed by atoms with E-state index in [0.717, 1.165) is 30.3 Å². The Morgan fingerprint density at radius 1 is 1.35 bits per heavy atom. The van der Waals surface area contributed by atoms with Crippen LogP contribution in [0.15, 0.2) is 29.1 Å². The first-order chi connectivity index (χ1) is 10.6. The van der Waals surface area contributed by atoms with E-state index >= 15 is 0 Å². The van der Waals surface area contributed by atoms with Crippen molar-refractivity contribution in [3.05, 3.63) is 34.7 Å². The van der Waals surface area contributed by atoms with Crippen molar-refractivity contribution >= 4 is 29.3 Å². The van der Waals surface area contributed by atoms with Crippen molar-refractivity contribution in [3.63, 3.8) is 0 Å². The molecule has 2 aromatic rings.